The van der Waals surface area contributed by atoms with Gasteiger partial charge in [0.1, 0.15) is 5.82 Å². The second kappa shape index (κ2) is 6.11. The Kier molecular flexibility index (Phi) is 3.97. The van der Waals surface area contributed by atoms with Crippen molar-refractivity contribution in [2.45, 2.75) is 19.3 Å². The third-order valence-electron chi connectivity index (χ3n) is 4.92. The van der Waals surface area contributed by atoms with Gasteiger partial charge in [-0.15, -0.1) is 0 Å². The van der Waals surface area contributed by atoms with E-state index in [9.17, 15) is 4.79 Å². The molecular weight excluding hydrogens is 354 g/mol. The number of benzene rings is 1. The standard InChI is InChI=1S/C18H20BrN3O/c19-15-5-3-13-4-6-17(20-16(13)11-15)22-10-7-14(12-22)18(23)21-8-1-2-9-21/h3-6,11,14H,1-2,7-10,12H2. The van der Waals surface area contributed by atoms with E-state index >= 15 is 0 Å². The fourth-order valence-corrected chi connectivity index (χ4v) is 3.97. The summed E-state index contributed by atoms with van der Waals surface area (Å²) >= 11 is 3.50. The Morgan fingerprint density at radius 3 is 2.74 bits per heavy atom. The van der Waals surface area contributed by atoms with Gasteiger partial charge in [0.15, 0.2) is 0 Å². The highest BCUT2D eigenvalue weighted by molar-refractivity contribution is 9.10. The largest absolute Gasteiger partial charge is 0.356 e. The van der Waals surface area contributed by atoms with Gasteiger partial charge >= 0.3 is 0 Å². The number of amides is 1. The fraction of sp³-hybridized carbons (Fsp3) is 0.444. The van der Waals surface area contributed by atoms with Crippen LogP contribution in [0.1, 0.15) is 19.3 Å². The van der Waals surface area contributed by atoms with Crippen LogP contribution >= 0.6 is 15.9 Å². The molecule has 0 saturated carbocycles. The lowest BCUT2D eigenvalue weighted by atomic mass is 10.1. The van der Waals surface area contributed by atoms with Gasteiger partial charge in [0, 0.05) is 36.0 Å². The van der Waals surface area contributed by atoms with E-state index in [0.29, 0.717) is 5.91 Å². The average molecular weight is 374 g/mol. The quantitative estimate of drug-likeness (QED) is 0.808. The van der Waals surface area contributed by atoms with E-state index in [0.717, 1.165) is 66.6 Å². The van der Waals surface area contributed by atoms with Crippen molar-refractivity contribution in [3.8, 4) is 0 Å². The molecule has 1 amide bonds. The number of aromatic nitrogens is 1. The summed E-state index contributed by atoms with van der Waals surface area (Å²) in [7, 11) is 0. The number of fused-ring (bicyclic) bond motifs is 1. The highest BCUT2D eigenvalue weighted by Crippen LogP contribution is 2.27. The Balaban J connectivity index is 1.51. The van der Waals surface area contributed by atoms with Crippen LogP contribution in [-0.2, 0) is 4.79 Å². The second-order valence-electron chi connectivity index (χ2n) is 6.47. The van der Waals surface area contributed by atoms with Crippen molar-refractivity contribution in [1.82, 2.24) is 9.88 Å². The fourth-order valence-electron chi connectivity index (χ4n) is 3.62. The lowest BCUT2D eigenvalue weighted by Gasteiger charge is -2.21. The first kappa shape index (κ1) is 14.9. The van der Waals surface area contributed by atoms with Crippen molar-refractivity contribution in [3.05, 3.63) is 34.8 Å². The molecule has 4 rings (SSSR count). The summed E-state index contributed by atoms with van der Waals surface area (Å²) in [5, 5.41) is 1.14. The molecule has 1 unspecified atom stereocenters. The smallest absolute Gasteiger partial charge is 0.227 e. The van der Waals surface area contributed by atoms with Crippen LogP contribution in [0.25, 0.3) is 10.9 Å². The predicted octanol–water partition coefficient (Wildman–Crippen LogP) is 3.45. The maximum absolute atomic E-state index is 12.6. The molecule has 2 aromatic rings. The summed E-state index contributed by atoms with van der Waals surface area (Å²) in [6, 6.07) is 10.3. The number of carbonyl (C=O) groups excluding carboxylic acids is 1. The zero-order chi connectivity index (χ0) is 15.8. The number of anilines is 1. The number of hydrogen-bond acceptors (Lipinski definition) is 3. The summed E-state index contributed by atoms with van der Waals surface area (Å²) < 4.78 is 1.04. The minimum Gasteiger partial charge on any atom is -0.356 e. The molecule has 2 aliphatic heterocycles. The molecule has 2 aliphatic rings. The van der Waals surface area contributed by atoms with Gasteiger partial charge in [0.05, 0.1) is 11.4 Å². The summed E-state index contributed by atoms with van der Waals surface area (Å²) in [5.41, 5.74) is 0.992. The lowest BCUT2D eigenvalue weighted by Crippen LogP contribution is -2.35. The maximum atomic E-state index is 12.6. The lowest BCUT2D eigenvalue weighted by molar-refractivity contribution is -0.133. The number of rotatable bonds is 2. The van der Waals surface area contributed by atoms with Gasteiger partial charge in [-0.25, -0.2) is 4.98 Å². The van der Waals surface area contributed by atoms with E-state index in [-0.39, 0.29) is 5.92 Å². The molecule has 0 radical (unpaired) electrons. The predicted molar refractivity (Wildman–Crippen MR) is 95.6 cm³/mol. The van der Waals surface area contributed by atoms with E-state index in [4.69, 9.17) is 4.98 Å². The van der Waals surface area contributed by atoms with E-state index in [2.05, 4.69) is 39.0 Å². The molecule has 1 atom stereocenters. The minimum atomic E-state index is 0.133. The van der Waals surface area contributed by atoms with Gasteiger partial charge in [-0.2, -0.15) is 0 Å². The highest BCUT2D eigenvalue weighted by atomic mass is 79.9. The molecule has 2 fully saturated rings. The molecular formula is C18H20BrN3O. The zero-order valence-corrected chi connectivity index (χ0v) is 14.6. The van der Waals surface area contributed by atoms with Crippen molar-refractivity contribution in [3.63, 3.8) is 0 Å². The molecule has 3 heterocycles. The van der Waals surface area contributed by atoms with Crippen LogP contribution in [0.15, 0.2) is 34.8 Å². The summed E-state index contributed by atoms with van der Waals surface area (Å²) in [5.74, 6) is 1.45. The van der Waals surface area contributed by atoms with Gasteiger partial charge in [-0.1, -0.05) is 22.0 Å². The number of pyridine rings is 1. The molecule has 0 N–H and O–H groups in total. The molecule has 2 saturated heterocycles. The Labute approximate surface area is 144 Å². The first-order valence-corrected chi connectivity index (χ1v) is 9.10. The van der Waals surface area contributed by atoms with Gasteiger partial charge in [0.2, 0.25) is 5.91 Å². The normalized spacial score (nSPS) is 21.3. The topological polar surface area (TPSA) is 36.4 Å². The number of halogens is 1. The maximum Gasteiger partial charge on any atom is 0.227 e. The number of hydrogen-bond donors (Lipinski definition) is 0. The van der Waals surface area contributed by atoms with Crippen LogP contribution < -0.4 is 4.90 Å². The molecule has 0 aliphatic carbocycles. The number of nitrogens with zero attached hydrogens (tertiary/aromatic N) is 3. The summed E-state index contributed by atoms with van der Waals surface area (Å²) in [4.78, 5) is 21.6. The summed E-state index contributed by atoms with van der Waals surface area (Å²) in [6.07, 6.45) is 3.25. The Bertz CT molecular complexity index is 742. The molecule has 1 aromatic carbocycles. The van der Waals surface area contributed by atoms with Crippen molar-refractivity contribution in [2.75, 3.05) is 31.1 Å². The monoisotopic (exact) mass is 373 g/mol. The third-order valence-corrected chi connectivity index (χ3v) is 5.41. The second-order valence-corrected chi connectivity index (χ2v) is 7.39. The summed E-state index contributed by atoms with van der Waals surface area (Å²) in [6.45, 7) is 3.59. The van der Waals surface area contributed by atoms with E-state index in [1.54, 1.807) is 0 Å². The van der Waals surface area contributed by atoms with Crippen LogP contribution in [0.2, 0.25) is 0 Å². The molecule has 0 spiro atoms. The van der Waals surface area contributed by atoms with Gasteiger partial charge in [-0.3, -0.25) is 4.79 Å². The van der Waals surface area contributed by atoms with Gasteiger partial charge in [0.25, 0.3) is 0 Å². The van der Waals surface area contributed by atoms with Crippen LogP contribution in [0.4, 0.5) is 5.82 Å². The van der Waals surface area contributed by atoms with Crippen molar-refractivity contribution >= 4 is 38.6 Å². The van der Waals surface area contributed by atoms with Gasteiger partial charge in [-0.05, 0) is 43.5 Å². The Hall–Kier alpha value is -1.62. The molecule has 1 aromatic heterocycles. The molecule has 0 bridgehead atoms. The van der Waals surface area contributed by atoms with Crippen molar-refractivity contribution < 1.29 is 4.79 Å². The number of carbonyl (C=O) groups is 1. The minimum absolute atomic E-state index is 0.133. The number of likely N-dealkylation sites (tertiary alicyclic amines) is 1. The van der Waals surface area contributed by atoms with Crippen LogP contribution in [0.3, 0.4) is 0 Å². The first-order chi connectivity index (χ1) is 11.2. The van der Waals surface area contributed by atoms with E-state index in [1.807, 2.05) is 17.0 Å². The van der Waals surface area contributed by atoms with Gasteiger partial charge < -0.3 is 9.80 Å². The SMILES string of the molecule is O=C(C1CCN(c2ccc3ccc(Br)cc3n2)C1)N1CCCC1. The molecule has 5 heteroatoms. The third kappa shape index (κ3) is 2.94. The Morgan fingerprint density at radius 2 is 1.91 bits per heavy atom. The molecule has 4 nitrogen and oxygen atoms in total. The van der Waals surface area contributed by atoms with E-state index in [1.165, 1.54) is 0 Å². The van der Waals surface area contributed by atoms with Crippen LogP contribution in [0, 0.1) is 5.92 Å². The highest BCUT2D eigenvalue weighted by Gasteiger charge is 2.32. The van der Waals surface area contributed by atoms with E-state index < -0.39 is 0 Å². The van der Waals surface area contributed by atoms with Crippen molar-refractivity contribution in [1.29, 1.82) is 0 Å². The first-order valence-electron chi connectivity index (χ1n) is 8.31. The Morgan fingerprint density at radius 1 is 1.13 bits per heavy atom. The van der Waals surface area contributed by atoms with Crippen molar-refractivity contribution in [2.24, 2.45) is 5.92 Å². The van der Waals surface area contributed by atoms with Crippen LogP contribution in [0.5, 0.6) is 0 Å². The molecule has 120 valence electrons. The average Bonchev–Trinajstić information content (AvgIpc) is 3.25. The zero-order valence-electron chi connectivity index (χ0n) is 13.0. The van der Waals surface area contributed by atoms with Crippen LogP contribution in [-0.4, -0.2) is 42.0 Å². The molecule has 23 heavy (non-hydrogen) atoms.